The van der Waals surface area contributed by atoms with Gasteiger partial charge in [-0.25, -0.2) is 18.5 Å². The van der Waals surface area contributed by atoms with Gasteiger partial charge in [-0.2, -0.15) is 17.5 Å². The number of carbonyl (C=O) groups excluding carboxylic acids is 1. The number of aliphatic hydroxyl groups excluding tert-OH is 1. The van der Waals surface area contributed by atoms with Crippen LogP contribution in [0.15, 0.2) is 57.9 Å². The number of alkyl halides is 3. The number of hydrogen-bond acceptors (Lipinski definition) is 7. The quantitative estimate of drug-likeness (QED) is 0.448. The first-order chi connectivity index (χ1) is 18.4. The number of sulfonamides is 1. The molecule has 1 amide bonds. The Morgan fingerprint density at radius 2 is 1.92 bits per heavy atom. The Bertz CT molecular complexity index is 1400. The van der Waals surface area contributed by atoms with Crippen LogP contribution in [0.5, 0.6) is 0 Å². The highest BCUT2D eigenvalue weighted by molar-refractivity contribution is 7.89. The fourth-order valence-electron chi connectivity index (χ4n) is 4.30. The summed E-state index contributed by atoms with van der Waals surface area (Å²) in [6, 6.07) is 11.6. The Hall–Kier alpha value is -3.26. The van der Waals surface area contributed by atoms with Gasteiger partial charge in [0.05, 0.1) is 30.2 Å². The number of nitrogens with zero attached hydrogens (tertiary/aromatic N) is 3. The average Bonchev–Trinajstić information content (AvgIpc) is 3.02. The molecule has 2 aliphatic rings. The molecule has 9 nitrogen and oxygen atoms in total. The maximum absolute atomic E-state index is 13.0. The van der Waals surface area contributed by atoms with E-state index in [4.69, 9.17) is 10.6 Å². The van der Waals surface area contributed by atoms with Crippen LogP contribution < -0.4 is 5.73 Å². The molecule has 0 aromatic heterocycles. The molecule has 1 saturated heterocycles. The fourth-order valence-corrected chi connectivity index (χ4v) is 5.93. The van der Waals surface area contributed by atoms with E-state index >= 15 is 0 Å². The SMILES string of the molecule is CCON(CCC(F)(F)F)C(=O)C1=Cc2ccc(-c3cccc(S(=O)(=O)N4CC(CO)C4)c3)cc2N=C(N)C1. The van der Waals surface area contributed by atoms with Crippen LogP contribution in [0.4, 0.5) is 18.9 Å². The number of fused-ring (bicyclic) bond motifs is 1. The summed E-state index contributed by atoms with van der Waals surface area (Å²) in [6.07, 6.45) is -4.24. The number of amidine groups is 1. The molecule has 0 spiro atoms. The summed E-state index contributed by atoms with van der Waals surface area (Å²) >= 11 is 0. The molecule has 210 valence electrons. The van der Waals surface area contributed by atoms with Crippen molar-refractivity contribution in [3.8, 4) is 11.1 Å². The van der Waals surface area contributed by atoms with E-state index in [-0.39, 0.29) is 54.9 Å². The van der Waals surface area contributed by atoms with E-state index in [0.29, 0.717) is 27.4 Å². The molecule has 0 saturated carbocycles. The van der Waals surface area contributed by atoms with Gasteiger partial charge in [0.25, 0.3) is 5.91 Å². The van der Waals surface area contributed by atoms with Crippen molar-refractivity contribution in [2.24, 2.45) is 16.6 Å². The standard InChI is InChI=1S/C26H29F3N4O5S/c1-2-38-33(9-8-26(27,28)29)25(35)21-10-20-7-6-19(12-23(20)31-24(30)13-21)18-4-3-5-22(11-18)39(36,37)32-14-17(15-32)16-34/h3-7,10-12,17,34H,2,8-9,13-16H2,1H3,(H2,30,31). The lowest BCUT2D eigenvalue weighted by Crippen LogP contribution is -2.51. The molecule has 2 aliphatic heterocycles. The van der Waals surface area contributed by atoms with Crippen molar-refractivity contribution in [1.29, 1.82) is 0 Å². The van der Waals surface area contributed by atoms with Crippen LogP contribution in [0.1, 0.15) is 25.3 Å². The molecule has 2 aromatic carbocycles. The Balaban J connectivity index is 1.61. The first-order valence-corrected chi connectivity index (χ1v) is 13.8. The molecule has 4 rings (SSSR count). The number of rotatable bonds is 9. The number of nitrogens with two attached hydrogens (primary N) is 1. The van der Waals surface area contributed by atoms with E-state index in [9.17, 15) is 31.5 Å². The maximum atomic E-state index is 13.0. The number of hydroxylamine groups is 2. The smallest absolute Gasteiger partial charge is 0.390 e. The molecule has 13 heteroatoms. The van der Waals surface area contributed by atoms with Gasteiger partial charge in [-0.05, 0) is 42.3 Å². The molecule has 2 heterocycles. The second-order valence-corrected chi connectivity index (χ2v) is 11.2. The van der Waals surface area contributed by atoms with Crippen molar-refractivity contribution in [1.82, 2.24) is 9.37 Å². The molecular weight excluding hydrogens is 537 g/mol. The zero-order chi connectivity index (χ0) is 28.4. The summed E-state index contributed by atoms with van der Waals surface area (Å²) in [6.45, 7) is 1.38. The van der Waals surface area contributed by atoms with Gasteiger partial charge >= 0.3 is 6.18 Å². The fraction of sp³-hybridized carbons (Fsp3) is 0.385. The van der Waals surface area contributed by atoms with E-state index in [1.807, 2.05) is 0 Å². The van der Waals surface area contributed by atoms with Crippen molar-refractivity contribution in [3.63, 3.8) is 0 Å². The molecule has 39 heavy (non-hydrogen) atoms. The predicted molar refractivity (Wildman–Crippen MR) is 139 cm³/mol. The molecule has 3 N–H and O–H groups in total. The van der Waals surface area contributed by atoms with Gasteiger partial charge in [0.15, 0.2) is 0 Å². The molecule has 0 bridgehead atoms. The van der Waals surface area contributed by atoms with E-state index < -0.39 is 35.1 Å². The van der Waals surface area contributed by atoms with Crippen LogP contribution in [0.25, 0.3) is 17.2 Å². The molecule has 0 atom stereocenters. The van der Waals surface area contributed by atoms with Gasteiger partial charge in [0.1, 0.15) is 5.84 Å². The van der Waals surface area contributed by atoms with Gasteiger partial charge in [-0.15, -0.1) is 0 Å². The summed E-state index contributed by atoms with van der Waals surface area (Å²) in [7, 11) is -3.71. The number of halogens is 3. The minimum atomic E-state index is -4.45. The lowest BCUT2D eigenvalue weighted by Gasteiger charge is -2.36. The van der Waals surface area contributed by atoms with Crippen LogP contribution in [0, 0.1) is 5.92 Å². The Kier molecular flexibility index (Phi) is 8.45. The van der Waals surface area contributed by atoms with Crippen molar-refractivity contribution < 1.29 is 36.3 Å². The van der Waals surface area contributed by atoms with E-state index in [0.717, 1.165) is 0 Å². The summed E-state index contributed by atoms with van der Waals surface area (Å²) in [5.41, 5.74) is 8.40. The normalized spacial score (nSPS) is 16.5. The van der Waals surface area contributed by atoms with Crippen molar-refractivity contribution in [2.75, 3.05) is 32.8 Å². The van der Waals surface area contributed by atoms with E-state index in [1.54, 1.807) is 43.3 Å². The van der Waals surface area contributed by atoms with Crippen molar-refractivity contribution in [2.45, 2.75) is 30.8 Å². The lowest BCUT2D eigenvalue weighted by atomic mass is 10.0. The summed E-state index contributed by atoms with van der Waals surface area (Å²) in [5, 5.41) is 9.90. The molecule has 0 aliphatic carbocycles. The predicted octanol–water partition coefficient (Wildman–Crippen LogP) is 3.47. The van der Waals surface area contributed by atoms with Gasteiger partial charge < -0.3 is 10.8 Å². The third-order valence-electron chi connectivity index (χ3n) is 6.37. The van der Waals surface area contributed by atoms with Crippen LogP contribution >= 0.6 is 0 Å². The highest BCUT2D eigenvalue weighted by atomic mass is 32.2. The molecule has 0 radical (unpaired) electrons. The lowest BCUT2D eigenvalue weighted by molar-refractivity contribution is -0.195. The molecule has 0 unspecified atom stereocenters. The van der Waals surface area contributed by atoms with Crippen molar-refractivity contribution >= 4 is 33.5 Å². The molecule has 2 aromatic rings. The Morgan fingerprint density at radius 1 is 1.21 bits per heavy atom. The summed E-state index contributed by atoms with van der Waals surface area (Å²) < 4.78 is 65.5. The summed E-state index contributed by atoms with van der Waals surface area (Å²) in [4.78, 5) is 22.7. The number of hydrogen-bond donors (Lipinski definition) is 2. The average molecular weight is 567 g/mol. The van der Waals surface area contributed by atoms with Gasteiger partial charge in [0, 0.05) is 43.2 Å². The van der Waals surface area contributed by atoms with Crippen LogP contribution in [-0.4, -0.2) is 73.7 Å². The molecular formula is C26H29F3N4O5S. The number of aliphatic hydroxyl groups is 1. The maximum Gasteiger partial charge on any atom is 0.390 e. The number of aliphatic imine (C=N–C) groups is 1. The number of benzene rings is 2. The van der Waals surface area contributed by atoms with Crippen LogP contribution in [-0.2, 0) is 19.7 Å². The third-order valence-corrected chi connectivity index (χ3v) is 8.19. The van der Waals surface area contributed by atoms with E-state index in [1.165, 1.54) is 16.4 Å². The van der Waals surface area contributed by atoms with E-state index in [2.05, 4.69) is 4.99 Å². The number of amides is 1. The zero-order valence-electron chi connectivity index (χ0n) is 21.2. The van der Waals surface area contributed by atoms with Crippen molar-refractivity contribution in [3.05, 3.63) is 53.6 Å². The first kappa shape index (κ1) is 28.7. The molecule has 1 fully saturated rings. The first-order valence-electron chi connectivity index (χ1n) is 12.3. The monoisotopic (exact) mass is 566 g/mol. The second-order valence-electron chi connectivity index (χ2n) is 9.31. The highest BCUT2D eigenvalue weighted by Gasteiger charge is 2.36. The topological polar surface area (TPSA) is 126 Å². The Morgan fingerprint density at radius 3 is 2.59 bits per heavy atom. The van der Waals surface area contributed by atoms with Crippen LogP contribution in [0.2, 0.25) is 0 Å². The minimum absolute atomic E-state index is 0.00888. The number of carbonyl (C=O) groups is 1. The Labute approximate surface area is 224 Å². The van der Waals surface area contributed by atoms with Gasteiger partial charge in [-0.1, -0.05) is 24.3 Å². The minimum Gasteiger partial charge on any atom is -0.396 e. The summed E-state index contributed by atoms with van der Waals surface area (Å²) in [5.74, 6) is -0.709. The largest absolute Gasteiger partial charge is 0.396 e. The third kappa shape index (κ3) is 6.67. The zero-order valence-corrected chi connectivity index (χ0v) is 22.0. The highest BCUT2D eigenvalue weighted by Crippen LogP contribution is 2.34. The van der Waals surface area contributed by atoms with Crippen LogP contribution in [0.3, 0.4) is 0 Å². The van der Waals surface area contributed by atoms with Gasteiger partial charge in [0.2, 0.25) is 10.0 Å². The second kappa shape index (κ2) is 11.5. The van der Waals surface area contributed by atoms with Gasteiger partial charge in [-0.3, -0.25) is 9.63 Å².